The highest BCUT2D eigenvalue weighted by Crippen LogP contribution is 1.90. The maximum Gasteiger partial charge on any atom is 0.350 e. The van der Waals surface area contributed by atoms with Crippen molar-refractivity contribution < 1.29 is 9.53 Å². The molecule has 0 aliphatic heterocycles. The van der Waals surface area contributed by atoms with Gasteiger partial charge in [-0.3, -0.25) is 4.79 Å². The van der Waals surface area contributed by atoms with Gasteiger partial charge in [-0.2, -0.15) is 0 Å². The van der Waals surface area contributed by atoms with Crippen LogP contribution >= 0.6 is 15.8 Å². The number of halogens is 1. The molecular formula is C4H7BBrO2. The molecule has 0 aromatic heterocycles. The number of carbonyl (C=O) groups excluding carboxylic acids is 1. The molecule has 0 atom stereocenters. The number of ether oxygens (including phenoxy) is 1. The Morgan fingerprint density at radius 2 is 2.25 bits per heavy atom. The van der Waals surface area contributed by atoms with Gasteiger partial charge in [0.1, 0.15) is 0 Å². The molecule has 0 heterocycles. The van der Waals surface area contributed by atoms with Gasteiger partial charge in [0.05, 0.1) is 6.10 Å². The summed E-state index contributed by atoms with van der Waals surface area (Å²) in [6, 6.07) is 0. The van der Waals surface area contributed by atoms with Gasteiger partial charge in [0, 0.05) is 0 Å². The average Bonchev–Trinajstić information content (AvgIpc) is 1.65. The first-order chi connectivity index (χ1) is 3.66. The molecule has 0 bridgehead atoms. The molecule has 2 nitrogen and oxygen atoms in total. The lowest BCUT2D eigenvalue weighted by Crippen LogP contribution is -2.12. The molecular weight excluding hydrogens is 171 g/mol. The summed E-state index contributed by atoms with van der Waals surface area (Å²) >= 11 is 2.84. The molecule has 8 heavy (non-hydrogen) atoms. The van der Waals surface area contributed by atoms with Crippen LogP contribution in [0.1, 0.15) is 13.8 Å². The third kappa shape index (κ3) is 4.18. The number of carbonyl (C=O) groups is 1. The van der Waals surface area contributed by atoms with Crippen molar-refractivity contribution in [3.63, 3.8) is 0 Å². The largest absolute Gasteiger partial charge is 0.471 e. The van der Waals surface area contributed by atoms with Crippen molar-refractivity contribution in [2.45, 2.75) is 20.0 Å². The van der Waals surface area contributed by atoms with Gasteiger partial charge in [-0.15, -0.1) is 15.8 Å². The zero-order valence-electron chi connectivity index (χ0n) is 4.85. The second-order valence-electron chi connectivity index (χ2n) is 1.59. The highest BCUT2D eigenvalue weighted by molar-refractivity contribution is 9.24. The molecule has 0 unspecified atom stereocenters. The van der Waals surface area contributed by atoms with Gasteiger partial charge in [-0.1, -0.05) is 0 Å². The summed E-state index contributed by atoms with van der Waals surface area (Å²) in [5.41, 5.74) is 0. The third-order valence-electron chi connectivity index (χ3n) is 0.441. The van der Waals surface area contributed by atoms with Crippen LogP contribution in [0.3, 0.4) is 0 Å². The Hall–Kier alpha value is 0.0149. The highest BCUT2D eigenvalue weighted by atomic mass is 79.9. The summed E-state index contributed by atoms with van der Waals surface area (Å²) in [4.78, 5) is 10.3. The molecule has 0 saturated carbocycles. The van der Waals surface area contributed by atoms with Crippen LogP contribution in [0.2, 0.25) is 0 Å². The first kappa shape index (κ1) is 8.01. The van der Waals surface area contributed by atoms with Crippen LogP contribution in [-0.4, -0.2) is 18.1 Å². The number of rotatable bonds is 2. The van der Waals surface area contributed by atoms with Crippen LogP contribution in [0.15, 0.2) is 0 Å². The van der Waals surface area contributed by atoms with E-state index in [4.69, 9.17) is 0 Å². The topological polar surface area (TPSA) is 26.3 Å². The average molecular weight is 178 g/mol. The van der Waals surface area contributed by atoms with Crippen molar-refractivity contribution in [1.82, 2.24) is 0 Å². The molecule has 0 rings (SSSR count). The molecule has 0 aromatic carbocycles. The monoisotopic (exact) mass is 177 g/mol. The van der Waals surface area contributed by atoms with Crippen molar-refractivity contribution in [3.8, 4) is 0 Å². The Labute approximate surface area is 57.8 Å². The molecule has 1 radical (unpaired) electrons. The molecule has 4 heteroatoms. The Morgan fingerprint density at radius 3 is 2.38 bits per heavy atom. The lowest BCUT2D eigenvalue weighted by atomic mass is 10.2. The number of hydrogen-bond donors (Lipinski definition) is 0. The van der Waals surface area contributed by atoms with E-state index < -0.39 is 0 Å². The first-order valence-corrected chi connectivity index (χ1v) is 3.22. The Bertz CT molecular complexity index is 84.1. The number of hydrogen-bond acceptors (Lipinski definition) is 2. The van der Waals surface area contributed by atoms with E-state index in [-0.39, 0.29) is 12.0 Å². The van der Waals surface area contributed by atoms with Crippen molar-refractivity contribution in [2.24, 2.45) is 0 Å². The summed E-state index contributed by atoms with van der Waals surface area (Å²) in [5.74, 6) is -0.333. The normalized spacial score (nSPS) is 9.00. The zero-order chi connectivity index (χ0) is 6.57. The minimum absolute atomic E-state index is 0.0312. The van der Waals surface area contributed by atoms with Crippen molar-refractivity contribution >= 4 is 27.7 Å². The van der Waals surface area contributed by atoms with Crippen molar-refractivity contribution in [1.29, 1.82) is 0 Å². The van der Waals surface area contributed by atoms with Crippen molar-refractivity contribution in [3.05, 3.63) is 0 Å². The van der Waals surface area contributed by atoms with E-state index in [1.165, 1.54) is 6.10 Å². The van der Waals surface area contributed by atoms with Gasteiger partial charge in [0.15, 0.2) is 0 Å². The standard InChI is InChI=1S/C4H7BBrO2/c1-3(2)8-4(7)5-6/h3H,1-2H3. The fraction of sp³-hybridized carbons (Fsp3) is 0.750. The van der Waals surface area contributed by atoms with Crippen LogP contribution in [0, 0.1) is 0 Å². The molecule has 0 spiro atoms. The fourth-order valence-electron chi connectivity index (χ4n) is 0.258. The molecule has 0 aliphatic rings. The summed E-state index contributed by atoms with van der Waals surface area (Å²) in [6.45, 7) is 3.60. The smallest absolute Gasteiger partial charge is 0.350 e. The van der Waals surface area contributed by atoms with E-state index in [0.717, 1.165) is 0 Å². The fourth-order valence-corrected chi connectivity index (χ4v) is 0.366. The van der Waals surface area contributed by atoms with Gasteiger partial charge in [-0.05, 0) is 13.8 Å². The van der Waals surface area contributed by atoms with Crippen LogP contribution in [-0.2, 0) is 4.74 Å². The summed E-state index contributed by atoms with van der Waals surface area (Å²) in [7, 11) is 0. The summed E-state index contributed by atoms with van der Waals surface area (Å²) < 4.78 is 4.66. The summed E-state index contributed by atoms with van der Waals surface area (Å²) in [5, 5.41) is 0. The summed E-state index contributed by atoms with van der Waals surface area (Å²) in [6.07, 6.45) is 1.18. The minimum atomic E-state index is -0.333. The quantitative estimate of drug-likeness (QED) is 0.599. The molecule has 45 valence electrons. The van der Waals surface area contributed by atoms with Gasteiger partial charge in [0.25, 0.3) is 5.87 Å². The van der Waals surface area contributed by atoms with Gasteiger partial charge in [0.2, 0.25) is 0 Å². The molecule has 0 aliphatic carbocycles. The van der Waals surface area contributed by atoms with Crippen LogP contribution in [0.25, 0.3) is 0 Å². The maximum atomic E-state index is 10.3. The minimum Gasteiger partial charge on any atom is -0.471 e. The maximum absolute atomic E-state index is 10.3. The predicted molar refractivity (Wildman–Crippen MR) is 36.3 cm³/mol. The Balaban J connectivity index is 3.25. The van der Waals surface area contributed by atoms with Crippen molar-refractivity contribution in [2.75, 3.05) is 0 Å². The highest BCUT2D eigenvalue weighted by Gasteiger charge is 2.02. The van der Waals surface area contributed by atoms with Gasteiger partial charge >= 0.3 is 6.10 Å². The predicted octanol–water partition coefficient (Wildman–Crippen LogP) is 1.55. The van der Waals surface area contributed by atoms with E-state index in [1.54, 1.807) is 13.8 Å². The molecule has 0 fully saturated rings. The Morgan fingerprint density at radius 1 is 1.75 bits per heavy atom. The zero-order valence-corrected chi connectivity index (χ0v) is 6.44. The van der Waals surface area contributed by atoms with Crippen LogP contribution < -0.4 is 0 Å². The first-order valence-electron chi connectivity index (χ1n) is 2.31. The van der Waals surface area contributed by atoms with E-state index in [2.05, 4.69) is 20.5 Å². The van der Waals surface area contributed by atoms with E-state index in [1.807, 2.05) is 0 Å². The van der Waals surface area contributed by atoms with E-state index in [0.29, 0.717) is 0 Å². The lowest BCUT2D eigenvalue weighted by molar-refractivity contribution is 0.141. The van der Waals surface area contributed by atoms with E-state index in [9.17, 15) is 4.79 Å². The molecule has 0 saturated heterocycles. The second-order valence-corrected chi connectivity index (χ2v) is 2.05. The van der Waals surface area contributed by atoms with Gasteiger partial charge in [-0.25, -0.2) is 0 Å². The SMILES string of the molecule is CC(C)OC(=O)[B]Br. The third-order valence-corrected chi connectivity index (χ3v) is 0.815. The lowest BCUT2D eigenvalue weighted by Gasteiger charge is -2.03. The second kappa shape index (κ2) is 3.95. The van der Waals surface area contributed by atoms with Crippen LogP contribution in [0.4, 0.5) is 4.79 Å². The van der Waals surface area contributed by atoms with Gasteiger partial charge < -0.3 is 4.74 Å². The molecule has 0 amide bonds. The molecule has 0 N–H and O–H groups in total. The molecule has 0 aromatic rings. The van der Waals surface area contributed by atoms with Crippen LogP contribution in [0.5, 0.6) is 0 Å². The Kier molecular flexibility index (Phi) is 3.96. The van der Waals surface area contributed by atoms with E-state index >= 15 is 0 Å².